The largest absolute Gasteiger partial charge is 0.416 e. The van der Waals surface area contributed by atoms with E-state index < -0.39 is 11.7 Å². The minimum atomic E-state index is -4.33. The van der Waals surface area contributed by atoms with Crippen molar-refractivity contribution in [2.45, 2.75) is 33.2 Å². The number of aromatic nitrogens is 1. The standard InChI is InChI=1S/C18H18F3N3S/c1-12-8-13(2)24(17(25)16(12)9-22)11-23(3)10-14-4-6-15(7-5-14)18(19,20)21/h4-8H,10-11H2,1-3H3. The van der Waals surface area contributed by atoms with Gasteiger partial charge in [-0.15, -0.1) is 0 Å². The highest BCUT2D eigenvalue weighted by molar-refractivity contribution is 7.71. The Morgan fingerprint density at radius 3 is 2.32 bits per heavy atom. The molecule has 2 rings (SSSR count). The molecule has 1 aromatic heterocycles. The Morgan fingerprint density at radius 1 is 1.20 bits per heavy atom. The van der Waals surface area contributed by atoms with Crippen molar-refractivity contribution in [2.24, 2.45) is 0 Å². The summed E-state index contributed by atoms with van der Waals surface area (Å²) in [6, 6.07) is 9.14. The van der Waals surface area contributed by atoms with Crippen molar-refractivity contribution < 1.29 is 13.2 Å². The molecule has 0 unspecified atom stereocenters. The van der Waals surface area contributed by atoms with Crippen molar-refractivity contribution in [3.63, 3.8) is 0 Å². The minimum absolute atomic E-state index is 0.445. The van der Waals surface area contributed by atoms with Crippen LogP contribution in [0.1, 0.15) is 27.9 Å². The maximum atomic E-state index is 12.6. The molecule has 3 nitrogen and oxygen atoms in total. The lowest BCUT2D eigenvalue weighted by Gasteiger charge is -2.22. The number of nitriles is 1. The fraction of sp³-hybridized carbons (Fsp3) is 0.333. The molecule has 0 amide bonds. The molecule has 7 heteroatoms. The van der Waals surface area contributed by atoms with Gasteiger partial charge in [-0.3, -0.25) is 4.90 Å². The predicted octanol–water partition coefficient (Wildman–Crippen LogP) is 4.81. The lowest BCUT2D eigenvalue weighted by atomic mass is 10.1. The monoisotopic (exact) mass is 365 g/mol. The number of alkyl halides is 3. The summed E-state index contributed by atoms with van der Waals surface area (Å²) in [4.78, 5) is 1.93. The Labute approximate surface area is 149 Å². The molecule has 0 aliphatic heterocycles. The number of halogens is 3. The van der Waals surface area contributed by atoms with Crippen LogP contribution in [0.15, 0.2) is 30.3 Å². The first-order valence-corrected chi connectivity index (χ1v) is 8.00. The molecule has 1 aromatic carbocycles. The summed E-state index contributed by atoms with van der Waals surface area (Å²) in [5.41, 5.74) is 2.36. The van der Waals surface area contributed by atoms with Crippen molar-refractivity contribution in [1.82, 2.24) is 9.47 Å². The molecule has 0 aliphatic carbocycles. The van der Waals surface area contributed by atoms with E-state index in [-0.39, 0.29) is 0 Å². The van der Waals surface area contributed by atoms with Gasteiger partial charge in [0.05, 0.1) is 17.8 Å². The van der Waals surface area contributed by atoms with Crippen molar-refractivity contribution in [2.75, 3.05) is 7.05 Å². The highest BCUT2D eigenvalue weighted by atomic mass is 32.1. The van der Waals surface area contributed by atoms with Gasteiger partial charge in [0.25, 0.3) is 0 Å². The number of aryl methyl sites for hydroxylation is 2. The molecule has 0 bridgehead atoms. The molecule has 0 radical (unpaired) electrons. The van der Waals surface area contributed by atoms with E-state index in [9.17, 15) is 18.4 Å². The predicted molar refractivity (Wildman–Crippen MR) is 92.4 cm³/mol. The second kappa shape index (κ2) is 7.38. The van der Waals surface area contributed by atoms with Gasteiger partial charge in [-0.1, -0.05) is 24.4 Å². The molecule has 25 heavy (non-hydrogen) atoms. The van der Waals surface area contributed by atoms with Crippen LogP contribution >= 0.6 is 12.2 Å². The Balaban J connectivity index is 2.17. The van der Waals surface area contributed by atoms with Crippen LogP contribution in [-0.4, -0.2) is 16.5 Å². The maximum Gasteiger partial charge on any atom is 0.416 e. The van der Waals surface area contributed by atoms with Gasteiger partial charge in [0.2, 0.25) is 0 Å². The van der Waals surface area contributed by atoms with Crippen LogP contribution in [0.5, 0.6) is 0 Å². The summed E-state index contributed by atoms with van der Waals surface area (Å²) in [7, 11) is 1.85. The highest BCUT2D eigenvalue weighted by Gasteiger charge is 2.29. The molecular formula is C18H18F3N3S. The van der Waals surface area contributed by atoms with E-state index in [0.717, 1.165) is 29.0 Å². The summed E-state index contributed by atoms with van der Waals surface area (Å²) < 4.78 is 40.2. The molecule has 0 aliphatic rings. The van der Waals surface area contributed by atoms with Crippen molar-refractivity contribution in [3.05, 3.63) is 62.9 Å². The Bertz CT molecular complexity index is 861. The molecule has 1 heterocycles. The zero-order valence-electron chi connectivity index (χ0n) is 14.2. The van der Waals surface area contributed by atoms with Crippen molar-refractivity contribution >= 4 is 12.2 Å². The number of hydrogen-bond acceptors (Lipinski definition) is 3. The van der Waals surface area contributed by atoms with Gasteiger partial charge in [0.1, 0.15) is 10.7 Å². The fourth-order valence-electron chi connectivity index (χ4n) is 2.64. The van der Waals surface area contributed by atoms with E-state index in [0.29, 0.717) is 23.4 Å². The van der Waals surface area contributed by atoms with Gasteiger partial charge in [0.15, 0.2) is 0 Å². The molecule has 0 N–H and O–H groups in total. The maximum absolute atomic E-state index is 12.6. The first-order valence-electron chi connectivity index (χ1n) is 7.59. The van der Waals surface area contributed by atoms with Gasteiger partial charge in [-0.2, -0.15) is 18.4 Å². The summed E-state index contributed by atoms with van der Waals surface area (Å²) in [5, 5.41) is 9.24. The van der Waals surface area contributed by atoms with E-state index in [1.54, 1.807) is 0 Å². The lowest BCUT2D eigenvalue weighted by molar-refractivity contribution is -0.137. The molecule has 0 atom stereocenters. The summed E-state index contributed by atoms with van der Waals surface area (Å²) in [6.45, 7) is 4.67. The van der Waals surface area contributed by atoms with Crippen LogP contribution in [0.25, 0.3) is 0 Å². The summed E-state index contributed by atoms with van der Waals surface area (Å²) in [6.07, 6.45) is -4.33. The highest BCUT2D eigenvalue weighted by Crippen LogP contribution is 2.29. The zero-order chi connectivity index (χ0) is 18.8. The van der Waals surface area contributed by atoms with Crippen LogP contribution in [0, 0.1) is 29.8 Å². The van der Waals surface area contributed by atoms with E-state index in [1.807, 2.05) is 36.4 Å². The molecule has 132 valence electrons. The zero-order valence-corrected chi connectivity index (χ0v) is 15.0. The van der Waals surface area contributed by atoms with Gasteiger partial charge in [-0.25, -0.2) is 0 Å². The average molecular weight is 365 g/mol. The first-order chi connectivity index (χ1) is 11.6. The van der Waals surface area contributed by atoms with E-state index in [4.69, 9.17) is 12.2 Å². The van der Waals surface area contributed by atoms with Gasteiger partial charge >= 0.3 is 6.18 Å². The van der Waals surface area contributed by atoms with Crippen molar-refractivity contribution in [3.8, 4) is 6.07 Å². The molecular weight excluding hydrogens is 347 g/mol. The molecule has 0 spiro atoms. The molecule has 0 saturated heterocycles. The molecule has 0 saturated carbocycles. The van der Waals surface area contributed by atoms with Gasteiger partial charge in [-0.05, 0) is 50.2 Å². The number of nitrogens with zero attached hydrogens (tertiary/aromatic N) is 3. The number of benzene rings is 1. The number of pyridine rings is 1. The SMILES string of the molecule is Cc1cc(C)n(CN(C)Cc2ccc(C(F)(F)F)cc2)c(=S)c1C#N. The van der Waals surface area contributed by atoms with Gasteiger partial charge < -0.3 is 4.57 Å². The topological polar surface area (TPSA) is 32.0 Å². The average Bonchev–Trinajstić information content (AvgIpc) is 2.51. The number of hydrogen-bond donors (Lipinski definition) is 0. The van der Waals surface area contributed by atoms with E-state index >= 15 is 0 Å². The third-order valence-electron chi connectivity index (χ3n) is 3.93. The van der Waals surface area contributed by atoms with Crippen LogP contribution < -0.4 is 0 Å². The number of rotatable bonds is 4. The van der Waals surface area contributed by atoms with Crippen LogP contribution in [-0.2, 0) is 19.4 Å². The first kappa shape index (κ1) is 19.2. The normalized spacial score (nSPS) is 11.6. The second-order valence-corrected chi connectivity index (χ2v) is 6.43. The second-order valence-electron chi connectivity index (χ2n) is 6.04. The summed E-state index contributed by atoms with van der Waals surface area (Å²) >= 11 is 5.40. The van der Waals surface area contributed by atoms with Crippen molar-refractivity contribution in [1.29, 1.82) is 5.26 Å². The third-order valence-corrected chi connectivity index (χ3v) is 4.36. The Hall–Kier alpha value is -2.17. The summed E-state index contributed by atoms with van der Waals surface area (Å²) in [5.74, 6) is 0. The minimum Gasteiger partial charge on any atom is -0.322 e. The van der Waals surface area contributed by atoms with Gasteiger partial charge in [0, 0.05) is 12.2 Å². The quantitative estimate of drug-likeness (QED) is 0.729. The lowest BCUT2D eigenvalue weighted by Crippen LogP contribution is -2.24. The van der Waals surface area contributed by atoms with Crippen LogP contribution in [0.2, 0.25) is 0 Å². The molecule has 0 fully saturated rings. The molecule has 2 aromatic rings. The fourth-order valence-corrected chi connectivity index (χ4v) is 3.05. The van der Waals surface area contributed by atoms with E-state index in [1.165, 1.54) is 12.1 Å². The third kappa shape index (κ3) is 4.47. The van der Waals surface area contributed by atoms with Crippen LogP contribution in [0.3, 0.4) is 0 Å². The van der Waals surface area contributed by atoms with E-state index in [2.05, 4.69) is 6.07 Å². The Kier molecular flexibility index (Phi) is 5.65. The van der Waals surface area contributed by atoms with Crippen LogP contribution in [0.4, 0.5) is 13.2 Å². The smallest absolute Gasteiger partial charge is 0.322 e. The Morgan fingerprint density at radius 2 is 1.80 bits per heavy atom.